The number of aromatic nitrogens is 4. The van der Waals surface area contributed by atoms with E-state index in [0.29, 0.717) is 37.4 Å². The zero-order chi connectivity index (χ0) is 22.0. The van der Waals surface area contributed by atoms with E-state index in [1.54, 1.807) is 27.9 Å². The van der Waals surface area contributed by atoms with Crippen LogP contribution in [0.15, 0.2) is 47.5 Å². The molecule has 31 heavy (non-hydrogen) atoms. The molecule has 2 aromatic heterocycles. The van der Waals surface area contributed by atoms with Crippen molar-refractivity contribution in [3.8, 4) is 0 Å². The molecule has 1 aliphatic heterocycles. The highest BCUT2D eigenvalue weighted by atomic mass is 35.5. The fourth-order valence-corrected chi connectivity index (χ4v) is 4.16. The van der Waals surface area contributed by atoms with Crippen LogP contribution in [0.5, 0.6) is 0 Å². The third-order valence-electron chi connectivity index (χ3n) is 5.59. The Bertz CT molecular complexity index is 1140. The van der Waals surface area contributed by atoms with Crippen LogP contribution in [0.25, 0.3) is 0 Å². The third kappa shape index (κ3) is 4.39. The van der Waals surface area contributed by atoms with Gasteiger partial charge in [-0.15, -0.1) is 0 Å². The average Bonchev–Trinajstić information content (AvgIpc) is 3.10. The second kappa shape index (κ2) is 9.01. The summed E-state index contributed by atoms with van der Waals surface area (Å²) >= 11 is 6.12. The number of amides is 1. The number of hydrogen-bond acceptors (Lipinski definition) is 4. The molecule has 1 unspecified atom stereocenters. The second-order valence-electron chi connectivity index (χ2n) is 7.59. The Morgan fingerprint density at radius 3 is 2.77 bits per heavy atom. The van der Waals surface area contributed by atoms with Gasteiger partial charge in [-0.3, -0.25) is 14.3 Å². The minimum atomic E-state index is -0.479. The largest absolute Gasteiger partial charge is 0.346 e. The minimum absolute atomic E-state index is 0.0442. The standard InChI is InChI=1S/C22H23ClFN5O2/c1-2-27(13-15-7-9-25-10-8-15)21(30)18-4-3-11-28-20(18)26-29(22(28)31)14-16-5-6-17(24)12-19(16)23/h5-10,12,18H,2-4,11,13-14H2,1H3. The Hall–Kier alpha value is -3.00. The first kappa shape index (κ1) is 21.2. The summed E-state index contributed by atoms with van der Waals surface area (Å²) in [6.45, 7) is 3.60. The first-order chi connectivity index (χ1) is 15.0. The number of pyridine rings is 1. The lowest BCUT2D eigenvalue weighted by atomic mass is 9.97. The van der Waals surface area contributed by atoms with Crippen LogP contribution in [0.4, 0.5) is 4.39 Å². The predicted octanol–water partition coefficient (Wildman–Crippen LogP) is 3.21. The second-order valence-corrected chi connectivity index (χ2v) is 8.00. The van der Waals surface area contributed by atoms with Gasteiger partial charge in [-0.05, 0) is 55.2 Å². The van der Waals surface area contributed by atoms with Gasteiger partial charge < -0.3 is 4.90 Å². The first-order valence-corrected chi connectivity index (χ1v) is 10.6. The molecule has 1 atom stereocenters. The Kier molecular flexibility index (Phi) is 6.18. The molecule has 0 N–H and O–H groups in total. The van der Waals surface area contributed by atoms with Crippen molar-refractivity contribution in [1.82, 2.24) is 24.2 Å². The van der Waals surface area contributed by atoms with E-state index in [4.69, 9.17) is 11.6 Å². The maximum absolute atomic E-state index is 13.3. The molecule has 1 aliphatic rings. The van der Waals surface area contributed by atoms with Gasteiger partial charge in [-0.25, -0.2) is 13.9 Å². The summed E-state index contributed by atoms with van der Waals surface area (Å²) in [6.07, 6.45) is 4.76. The molecule has 162 valence electrons. The summed E-state index contributed by atoms with van der Waals surface area (Å²) in [4.78, 5) is 32.0. The summed E-state index contributed by atoms with van der Waals surface area (Å²) in [5.41, 5.74) is 1.30. The van der Waals surface area contributed by atoms with Gasteiger partial charge in [0.15, 0.2) is 0 Å². The van der Waals surface area contributed by atoms with E-state index in [2.05, 4.69) is 10.1 Å². The summed E-state index contributed by atoms with van der Waals surface area (Å²) in [5, 5.41) is 4.73. The van der Waals surface area contributed by atoms with E-state index >= 15 is 0 Å². The number of nitrogens with zero attached hydrogens (tertiary/aromatic N) is 5. The van der Waals surface area contributed by atoms with Crippen LogP contribution in [-0.4, -0.2) is 36.7 Å². The van der Waals surface area contributed by atoms with E-state index in [1.165, 1.54) is 16.8 Å². The maximum atomic E-state index is 13.3. The van der Waals surface area contributed by atoms with Crippen LogP contribution >= 0.6 is 11.6 Å². The number of carbonyl (C=O) groups is 1. The summed E-state index contributed by atoms with van der Waals surface area (Å²) in [7, 11) is 0. The van der Waals surface area contributed by atoms with Gasteiger partial charge in [-0.1, -0.05) is 17.7 Å². The van der Waals surface area contributed by atoms with E-state index in [1.807, 2.05) is 19.1 Å². The van der Waals surface area contributed by atoms with Crippen LogP contribution < -0.4 is 5.69 Å². The molecular weight excluding hydrogens is 421 g/mol. The number of benzene rings is 1. The highest BCUT2D eigenvalue weighted by molar-refractivity contribution is 6.31. The minimum Gasteiger partial charge on any atom is -0.338 e. The molecule has 0 fully saturated rings. The molecule has 0 aliphatic carbocycles. The van der Waals surface area contributed by atoms with Crippen molar-refractivity contribution < 1.29 is 9.18 Å². The molecule has 1 amide bonds. The van der Waals surface area contributed by atoms with Crippen LogP contribution in [0, 0.1) is 5.82 Å². The summed E-state index contributed by atoms with van der Waals surface area (Å²) in [5.74, 6) is -0.484. The topological polar surface area (TPSA) is 73.0 Å². The van der Waals surface area contributed by atoms with Gasteiger partial charge >= 0.3 is 5.69 Å². The van der Waals surface area contributed by atoms with Crippen molar-refractivity contribution in [2.45, 2.75) is 45.3 Å². The number of likely N-dealkylation sites (N-methyl/N-ethyl adjacent to an activating group) is 1. The van der Waals surface area contributed by atoms with Gasteiger partial charge in [-0.2, -0.15) is 5.10 Å². The molecule has 9 heteroatoms. The van der Waals surface area contributed by atoms with Crippen LogP contribution in [0.2, 0.25) is 5.02 Å². The van der Waals surface area contributed by atoms with E-state index in [0.717, 1.165) is 12.0 Å². The lowest BCUT2D eigenvalue weighted by molar-refractivity contribution is -0.134. The number of hydrogen-bond donors (Lipinski definition) is 0. The molecule has 0 saturated heterocycles. The average molecular weight is 444 g/mol. The highest BCUT2D eigenvalue weighted by Crippen LogP contribution is 2.27. The van der Waals surface area contributed by atoms with Gasteiger partial charge in [0.05, 0.1) is 12.5 Å². The number of carbonyl (C=O) groups excluding carboxylic acids is 1. The zero-order valence-electron chi connectivity index (χ0n) is 17.2. The van der Waals surface area contributed by atoms with Gasteiger partial charge in [0.1, 0.15) is 11.6 Å². The highest BCUT2D eigenvalue weighted by Gasteiger charge is 2.33. The third-order valence-corrected chi connectivity index (χ3v) is 5.94. The molecule has 3 heterocycles. The monoisotopic (exact) mass is 443 g/mol. The molecule has 0 spiro atoms. The molecule has 1 aromatic carbocycles. The van der Waals surface area contributed by atoms with Crippen molar-refractivity contribution in [3.05, 3.63) is 81.0 Å². The quantitative estimate of drug-likeness (QED) is 0.586. The Morgan fingerprint density at radius 2 is 2.06 bits per heavy atom. The van der Waals surface area contributed by atoms with Crippen molar-refractivity contribution in [2.24, 2.45) is 0 Å². The number of halogens is 2. The summed E-state index contributed by atoms with van der Waals surface area (Å²) in [6, 6.07) is 7.82. The SMILES string of the molecule is CCN(Cc1ccncc1)C(=O)C1CCCn2c1nn(Cc1ccc(F)cc1Cl)c2=O. The number of rotatable bonds is 6. The fourth-order valence-electron chi connectivity index (χ4n) is 3.93. The smallest absolute Gasteiger partial charge is 0.338 e. The number of fused-ring (bicyclic) bond motifs is 1. The van der Waals surface area contributed by atoms with E-state index in [9.17, 15) is 14.0 Å². The van der Waals surface area contributed by atoms with Crippen LogP contribution in [-0.2, 0) is 24.4 Å². The fraction of sp³-hybridized carbons (Fsp3) is 0.364. The molecule has 0 saturated carbocycles. The van der Waals surface area contributed by atoms with Gasteiger partial charge in [0.25, 0.3) is 0 Å². The molecule has 7 nitrogen and oxygen atoms in total. The first-order valence-electron chi connectivity index (χ1n) is 10.3. The van der Waals surface area contributed by atoms with E-state index in [-0.39, 0.29) is 23.2 Å². The van der Waals surface area contributed by atoms with Crippen molar-refractivity contribution in [2.75, 3.05) is 6.54 Å². The molecule has 0 bridgehead atoms. The lowest BCUT2D eigenvalue weighted by Crippen LogP contribution is -2.38. The maximum Gasteiger partial charge on any atom is 0.346 e. The predicted molar refractivity (Wildman–Crippen MR) is 114 cm³/mol. The van der Waals surface area contributed by atoms with Crippen molar-refractivity contribution in [3.63, 3.8) is 0 Å². The molecule has 4 rings (SSSR count). The zero-order valence-corrected chi connectivity index (χ0v) is 17.9. The molecular formula is C22H23ClFN5O2. The van der Waals surface area contributed by atoms with Crippen LogP contribution in [0.1, 0.15) is 42.6 Å². The molecule has 3 aromatic rings. The Labute approximate surface area is 184 Å². The Balaban J connectivity index is 1.60. The molecule has 0 radical (unpaired) electrons. The van der Waals surface area contributed by atoms with Crippen LogP contribution in [0.3, 0.4) is 0 Å². The Morgan fingerprint density at radius 1 is 1.29 bits per heavy atom. The van der Waals surface area contributed by atoms with Crippen molar-refractivity contribution >= 4 is 17.5 Å². The van der Waals surface area contributed by atoms with Gasteiger partial charge in [0, 0.05) is 37.1 Å². The van der Waals surface area contributed by atoms with Gasteiger partial charge in [0.2, 0.25) is 5.91 Å². The summed E-state index contributed by atoms with van der Waals surface area (Å²) < 4.78 is 16.2. The van der Waals surface area contributed by atoms with Crippen molar-refractivity contribution in [1.29, 1.82) is 0 Å². The lowest BCUT2D eigenvalue weighted by Gasteiger charge is -2.28. The van der Waals surface area contributed by atoms with E-state index < -0.39 is 11.7 Å². The normalized spacial score (nSPS) is 15.5.